The van der Waals surface area contributed by atoms with Gasteiger partial charge in [0, 0.05) is 10.5 Å². The van der Waals surface area contributed by atoms with E-state index in [1.807, 2.05) is 66.4 Å². The molecule has 0 unspecified atom stereocenters. The lowest BCUT2D eigenvalue weighted by Gasteiger charge is -2.07. The van der Waals surface area contributed by atoms with E-state index in [1.165, 1.54) is 75.5 Å². The van der Waals surface area contributed by atoms with Gasteiger partial charge in [0.1, 0.15) is 5.75 Å². The summed E-state index contributed by atoms with van der Waals surface area (Å²) in [4.78, 5) is 13.7. The molecule has 0 saturated carbocycles. The smallest absolute Gasteiger partial charge is 0.185 e. The topological polar surface area (TPSA) is 26.3 Å². The minimum atomic E-state index is 0.0318. The normalized spacial score (nSPS) is 11.3. The molecule has 2 aromatic carbocycles. The van der Waals surface area contributed by atoms with Crippen LogP contribution in [0.2, 0.25) is 0 Å². The van der Waals surface area contributed by atoms with Crippen molar-refractivity contribution in [1.82, 2.24) is 0 Å². The Morgan fingerprint density at radius 3 is 1.86 bits per heavy atom. The Kier molecular flexibility index (Phi) is 16.1. The van der Waals surface area contributed by atoms with Crippen molar-refractivity contribution in [3.63, 3.8) is 0 Å². The van der Waals surface area contributed by atoms with E-state index in [9.17, 15) is 4.79 Å². The standard InChI is InChI=1S/C32H46O2S/c1-3-5-6-7-8-9-10-11-12-13-14-15-26-34-30-21-16-28(17-22-30)18-25-32(33)29-19-23-31(24-20-29)35-27-4-2/h16-25H,3-15,26-27H2,1-2H3. The van der Waals surface area contributed by atoms with Gasteiger partial charge in [-0.25, -0.2) is 0 Å². The summed E-state index contributed by atoms with van der Waals surface area (Å²) in [5.74, 6) is 2.03. The molecule has 192 valence electrons. The molecule has 0 aliphatic heterocycles. The molecule has 0 saturated heterocycles. The molecule has 2 aromatic rings. The van der Waals surface area contributed by atoms with Crippen LogP contribution in [0.4, 0.5) is 0 Å². The molecule has 0 atom stereocenters. The molecule has 0 aromatic heterocycles. The lowest BCUT2D eigenvalue weighted by molar-refractivity contribution is 0.104. The molecule has 3 heteroatoms. The molecule has 0 amide bonds. The Morgan fingerprint density at radius 1 is 0.714 bits per heavy atom. The molecule has 0 aliphatic rings. The Balaban J connectivity index is 1.55. The van der Waals surface area contributed by atoms with Crippen LogP contribution in [-0.4, -0.2) is 18.1 Å². The number of thioether (sulfide) groups is 1. The largest absolute Gasteiger partial charge is 0.494 e. The minimum absolute atomic E-state index is 0.0318. The second kappa shape index (κ2) is 19.2. The summed E-state index contributed by atoms with van der Waals surface area (Å²) in [7, 11) is 0. The van der Waals surface area contributed by atoms with Gasteiger partial charge in [-0.1, -0.05) is 103 Å². The third-order valence-corrected chi connectivity index (χ3v) is 7.40. The number of unbranched alkanes of at least 4 members (excludes halogenated alkanes) is 11. The average molecular weight is 495 g/mol. The SMILES string of the molecule is CCCCCCCCCCCCCCOc1ccc(C=CC(=O)c2ccc(SCCC)cc2)cc1. The number of hydrogen-bond acceptors (Lipinski definition) is 3. The number of allylic oxidation sites excluding steroid dienone is 1. The molecule has 35 heavy (non-hydrogen) atoms. The van der Waals surface area contributed by atoms with Crippen LogP contribution in [0.1, 0.15) is 113 Å². The lowest BCUT2D eigenvalue weighted by Crippen LogP contribution is -1.97. The van der Waals surface area contributed by atoms with E-state index in [-0.39, 0.29) is 5.78 Å². The third-order valence-electron chi connectivity index (χ3n) is 6.19. The molecule has 0 aliphatic carbocycles. The van der Waals surface area contributed by atoms with E-state index in [2.05, 4.69) is 13.8 Å². The second-order valence-electron chi connectivity index (χ2n) is 9.38. The van der Waals surface area contributed by atoms with Crippen LogP contribution < -0.4 is 4.74 Å². The first-order valence-electron chi connectivity index (χ1n) is 13.9. The van der Waals surface area contributed by atoms with E-state index < -0.39 is 0 Å². The van der Waals surface area contributed by atoms with Crippen LogP contribution in [0, 0.1) is 0 Å². The summed E-state index contributed by atoms with van der Waals surface area (Å²) >= 11 is 1.83. The Morgan fingerprint density at radius 2 is 1.29 bits per heavy atom. The van der Waals surface area contributed by atoms with Gasteiger partial charge in [0.25, 0.3) is 0 Å². The number of hydrogen-bond donors (Lipinski definition) is 0. The van der Waals surface area contributed by atoms with Crippen molar-refractivity contribution in [3.8, 4) is 5.75 Å². The number of carbonyl (C=O) groups is 1. The molecule has 0 bridgehead atoms. The number of ether oxygens (including phenoxy) is 1. The Hall–Kier alpha value is -2.00. The number of benzene rings is 2. The highest BCUT2D eigenvalue weighted by molar-refractivity contribution is 7.99. The number of carbonyl (C=O) groups excluding carboxylic acids is 1. The number of ketones is 1. The molecule has 0 fully saturated rings. The first-order chi connectivity index (χ1) is 17.2. The molecule has 0 radical (unpaired) electrons. The van der Waals surface area contributed by atoms with Gasteiger partial charge in [-0.3, -0.25) is 4.79 Å². The van der Waals surface area contributed by atoms with Crippen molar-refractivity contribution in [1.29, 1.82) is 0 Å². The summed E-state index contributed by atoms with van der Waals surface area (Å²) in [6, 6.07) is 15.9. The van der Waals surface area contributed by atoms with Crippen LogP contribution >= 0.6 is 11.8 Å². The summed E-state index contributed by atoms with van der Waals surface area (Å²) in [5, 5.41) is 0. The highest BCUT2D eigenvalue weighted by Gasteiger charge is 2.02. The molecular weight excluding hydrogens is 448 g/mol. The minimum Gasteiger partial charge on any atom is -0.494 e. The predicted molar refractivity (Wildman–Crippen MR) is 154 cm³/mol. The zero-order valence-electron chi connectivity index (χ0n) is 22.1. The van der Waals surface area contributed by atoms with Gasteiger partial charge in [-0.05, 0) is 66.6 Å². The second-order valence-corrected chi connectivity index (χ2v) is 10.5. The van der Waals surface area contributed by atoms with Gasteiger partial charge < -0.3 is 4.74 Å². The first kappa shape index (κ1) is 29.2. The summed E-state index contributed by atoms with van der Waals surface area (Å²) in [6.07, 6.45) is 20.9. The summed E-state index contributed by atoms with van der Waals surface area (Å²) in [6.45, 7) is 5.23. The van der Waals surface area contributed by atoms with Gasteiger partial charge in [-0.15, -0.1) is 11.8 Å². The molecule has 2 rings (SSSR count). The summed E-state index contributed by atoms with van der Waals surface area (Å²) in [5.41, 5.74) is 1.73. The van der Waals surface area contributed by atoms with Crippen LogP contribution in [0.3, 0.4) is 0 Å². The van der Waals surface area contributed by atoms with Gasteiger partial charge in [0.15, 0.2) is 5.78 Å². The van der Waals surface area contributed by atoms with Crippen molar-refractivity contribution < 1.29 is 9.53 Å². The van der Waals surface area contributed by atoms with Crippen LogP contribution in [-0.2, 0) is 0 Å². The van der Waals surface area contributed by atoms with Crippen LogP contribution in [0.15, 0.2) is 59.5 Å². The number of rotatable bonds is 20. The zero-order valence-corrected chi connectivity index (χ0v) is 22.9. The van der Waals surface area contributed by atoms with E-state index in [0.717, 1.165) is 42.1 Å². The van der Waals surface area contributed by atoms with Crippen LogP contribution in [0.5, 0.6) is 5.75 Å². The third kappa shape index (κ3) is 13.6. The predicted octanol–water partition coefficient (Wildman–Crippen LogP) is 10.2. The van der Waals surface area contributed by atoms with E-state index in [4.69, 9.17) is 4.74 Å². The highest BCUT2D eigenvalue weighted by atomic mass is 32.2. The van der Waals surface area contributed by atoms with Gasteiger partial charge in [0.05, 0.1) is 6.61 Å². The van der Waals surface area contributed by atoms with E-state index in [0.29, 0.717) is 0 Å². The van der Waals surface area contributed by atoms with Crippen molar-refractivity contribution >= 4 is 23.6 Å². The fourth-order valence-corrected chi connectivity index (χ4v) is 4.78. The monoisotopic (exact) mass is 494 g/mol. The van der Waals surface area contributed by atoms with Gasteiger partial charge in [0.2, 0.25) is 0 Å². The quantitative estimate of drug-likeness (QED) is 0.0792. The van der Waals surface area contributed by atoms with Crippen molar-refractivity contribution in [2.75, 3.05) is 12.4 Å². The highest BCUT2D eigenvalue weighted by Crippen LogP contribution is 2.20. The van der Waals surface area contributed by atoms with Crippen molar-refractivity contribution in [2.45, 2.75) is 102 Å². The van der Waals surface area contributed by atoms with Crippen molar-refractivity contribution in [3.05, 3.63) is 65.7 Å². The van der Waals surface area contributed by atoms with E-state index in [1.54, 1.807) is 6.08 Å². The fraction of sp³-hybridized carbons (Fsp3) is 0.531. The Bertz CT molecular complexity index is 824. The fourth-order valence-electron chi connectivity index (χ4n) is 4.01. The molecule has 0 N–H and O–H groups in total. The maximum absolute atomic E-state index is 12.4. The maximum Gasteiger partial charge on any atom is 0.185 e. The first-order valence-corrected chi connectivity index (χ1v) is 14.9. The Labute approximate surface area is 218 Å². The van der Waals surface area contributed by atoms with Gasteiger partial charge >= 0.3 is 0 Å². The zero-order chi connectivity index (χ0) is 25.0. The lowest BCUT2D eigenvalue weighted by atomic mass is 10.1. The summed E-state index contributed by atoms with van der Waals surface area (Å²) < 4.78 is 5.89. The van der Waals surface area contributed by atoms with Crippen molar-refractivity contribution in [2.24, 2.45) is 0 Å². The van der Waals surface area contributed by atoms with Crippen LogP contribution in [0.25, 0.3) is 6.08 Å². The average Bonchev–Trinajstić information content (AvgIpc) is 2.89. The van der Waals surface area contributed by atoms with E-state index >= 15 is 0 Å². The molecule has 0 heterocycles. The maximum atomic E-state index is 12.4. The molecular formula is C32H46O2S. The molecule has 2 nitrogen and oxygen atoms in total. The molecule has 0 spiro atoms. The van der Waals surface area contributed by atoms with Gasteiger partial charge in [-0.2, -0.15) is 0 Å².